The van der Waals surface area contributed by atoms with Crippen molar-refractivity contribution in [2.45, 2.75) is 70.6 Å². The number of aliphatic hydroxyl groups is 2. The number of hydrogen-bond acceptors (Lipinski definition) is 6. The van der Waals surface area contributed by atoms with Gasteiger partial charge in [0.25, 0.3) is 5.91 Å². The maximum absolute atomic E-state index is 13.5. The van der Waals surface area contributed by atoms with Crippen molar-refractivity contribution in [3.63, 3.8) is 0 Å². The molecule has 3 rings (SSSR count). The molecule has 0 radical (unpaired) electrons. The zero-order valence-electron chi connectivity index (χ0n) is 21.2. The van der Waals surface area contributed by atoms with Crippen LogP contribution in [0.5, 0.6) is 5.88 Å². The summed E-state index contributed by atoms with van der Waals surface area (Å²) < 4.78 is 6.22. The number of ether oxygens (including phenoxy) is 1. The number of aliphatic hydroxyl groups excluding tert-OH is 1. The zero-order valence-corrected chi connectivity index (χ0v) is 21.2. The van der Waals surface area contributed by atoms with Crippen LogP contribution < -0.4 is 10.1 Å². The number of fused-ring (bicyclic) bond motifs is 1. The van der Waals surface area contributed by atoms with E-state index in [1.807, 2.05) is 13.8 Å². The van der Waals surface area contributed by atoms with Gasteiger partial charge in [0.05, 0.1) is 19.2 Å². The zero-order chi connectivity index (χ0) is 25.6. The molecule has 2 heterocycles. The summed E-state index contributed by atoms with van der Waals surface area (Å²) in [5.74, 6) is 5.68. The largest absolute Gasteiger partial charge is 0.472 e. The molecule has 0 spiro atoms. The number of pyridine rings is 1. The lowest BCUT2D eigenvalue weighted by atomic mass is 9.99. The third-order valence-electron chi connectivity index (χ3n) is 6.72. The summed E-state index contributed by atoms with van der Waals surface area (Å²) in [6.07, 6.45) is 5.12. The lowest BCUT2D eigenvalue weighted by molar-refractivity contribution is 0.0352. The van der Waals surface area contributed by atoms with Crippen molar-refractivity contribution < 1.29 is 24.5 Å². The van der Waals surface area contributed by atoms with Crippen LogP contribution in [0.3, 0.4) is 0 Å². The Morgan fingerprint density at radius 3 is 2.80 bits per heavy atom. The number of aromatic nitrogens is 1. The molecule has 1 aromatic rings. The number of carbonyl (C=O) groups excluding carboxylic acids is 2. The van der Waals surface area contributed by atoms with Crippen molar-refractivity contribution in [2.75, 3.05) is 33.3 Å². The highest BCUT2D eigenvalue weighted by molar-refractivity contribution is 5.97. The van der Waals surface area contributed by atoms with Crippen molar-refractivity contribution in [2.24, 2.45) is 5.92 Å². The van der Waals surface area contributed by atoms with Crippen LogP contribution in [-0.4, -0.2) is 88.0 Å². The van der Waals surface area contributed by atoms with Gasteiger partial charge in [-0.2, -0.15) is 0 Å². The van der Waals surface area contributed by atoms with Crippen LogP contribution in [0.25, 0.3) is 0 Å². The Morgan fingerprint density at radius 1 is 1.43 bits per heavy atom. The van der Waals surface area contributed by atoms with Crippen molar-refractivity contribution in [1.29, 1.82) is 0 Å². The van der Waals surface area contributed by atoms with Crippen LogP contribution in [-0.2, 0) is 0 Å². The Bertz CT molecular complexity index is 966. The first-order chi connectivity index (χ1) is 16.7. The fraction of sp³-hybridized carbons (Fsp3) is 0.654. The van der Waals surface area contributed by atoms with Crippen molar-refractivity contribution in [3.8, 4) is 17.7 Å². The van der Waals surface area contributed by atoms with E-state index < -0.39 is 17.7 Å². The highest BCUT2D eigenvalue weighted by Crippen LogP contribution is 2.30. The van der Waals surface area contributed by atoms with E-state index in [0.29, 0.717) is 38.0 Å². The quantitative estimate of drug-likeness (QED) is 0.530. The second-order valence-electron chi connectivity index (χ2n) is 9.80. The van der Waals surface area contributed by atoms with Gasteiger partial charge in [0.2, 0.25) is 5.88 Å². The minimum absolute atomic E-state index is 0.125. The number of nitrogens with one attached hydrogen (secondary N) is 1. The molecule has 0 unspecified atom stereocenters. The molecule has 3 atom stereocenters. The predicted octanol–water partition coefficient (Wildman–Crippen LogP) is 2.01. The van der Waals surface area contributed by atoms with Crippen molar-refractivity contribution in [3.05, 3.63) is 23.4 Å². The second-order valence-corrected chi connectivity index (χ2v) is 9.80. The number of rotatable bonds is 6. The predicted molar refractivity (Wildman–Crippen MR) is 132 cm³/mol. The van der Waals surface area contributed by atoms with Gasteiger partial charge in [-0.15, -0.1) is 0 Å². The van der Waals surface area contributed by atoms with Crippen molar-refractivity contribution >= 4 is 11.9 Å². The molecule has 1 aromatic heterocycles. The van der Waals surface area contributed by atoms with Crippen molar-refractivity contribution in [1.82, 2.24) is 20.1 Å². The lowest BCUT2D eigenvalue weighted by Crippen LogP contribution is -2.51. The van der Waals surface area contributed by atoms with Gasteiger partial charge in [-0.05, 0) is 45.1 Å². The maximum atomic E-state index is 13.5. The summed E-state index contributed by atoms with van der Waals surface area (Å²) in [4.78, 5) is 33.5. The molecule has 1 aliphatic carbocycles. The molecule has 0 bridgehead atoms. The average molecular weight is 487 g/mol. The molecule has 1 aliphatic heterocycles. The first-order valence-corrected chi connectivity index (χ1v) is 12.5. The van der Waals surface area contributed by atoms with Gasteiger partial charge in [-0.25, -0.2) is 9.78 Å². The Kier molecular flexibility index (Phi) is 8.98. The summed E-state index contributed by atoms with van der Waals surface area (Å²) in [7, 11) is 1.71. The highest BCUT2D eigenvalue weighted by atomic mass is 16.5. The van der Waals surface area contributed by atoms with Crippen LogP contribution in [0.1, 0.15) is 68.8 Å². The molecule has 192 valence electrons. The standard InChI is InChI=1S/C26H38N4O5/c1-5-12-27-25(33)29(4)16-22-18(2)15-30(19(3)17-31)24(32)21-13-20(14-28-23(21)35-22)8-11-26(34)9-6-7-10-26/h13-14,18-19,22,31,34H,5-7,9-10,12,15-17H2,1-4H3,(H,27,33)/t18-,19+,22+/m0/s1. The van der Waals surface area contributed by atoms with E-state index in [1.54, 1.807) is 29.8 Å². The van der Waals surface area contributed by atoms with Crippen LogP contribution in [0, 0.1) is 17.8 Å². The molecule has 0 saturated heterocycles. The molecule has 3 amide bonds. The number of nitrogens with zero attached hydrogens (tertiary/aromatic N) is 3. The fourth-order valence-corrected chi connectivity index (χ4v) is 4.38. The number of hydrogen-bond donors (Lipinski definition) is 3. The van der Waals surface area contributed by atoms with Gasteiger partial charge in [0.1, 0.15) is 17.3 Å². The fourth-order valence-electron chi connectivity index (χ4n) is 4.38. The summed E-state index contributed by atoms with van der Waals surface area (Å²) in [5, 5.41) is 23.2. The van der Waals surface area contributed by atoms with Gasteiger partial charge in [-0.1, -0.05) is 25.7 Å². The Labute approximate surface area is 207 Å². The second kappa shape index (κ2) is 11.7. The van der Waals surface area contributed by atoms with Gasteiger partial charge in [0, 0.05) is 37.8 Å². The van der Waals surface area contributed by atoms with Crippen LogP contribution >= 0.6 is 0 Å². The van der Waals surface area contributed by atoms with Crippen LogP contribution in [0.4, 0.5) is 4.79 Å². The van der Waals surface area contributed by atoms with E-state index >= 15 is 0 Å². The highest BCUT2D eigenvalue weighted by Gasteiger charge is 2.35. The monoisotopic (exact) mass is 486 g/mol. The van der Waals surface area contributed by atoms with Gasteiger partial charge in [-0.3, -0.25) is 4.79 Å². The van der Waals surface area contributed by atoms with E-state index in [0.717, 1.165) is 19.3 Å². The van der Waals surface area contributed by atoms with Gasteiger partial charge in [0.15, 0.2) is 0 Å². The molecular formula is C26H38N4O5. The number of carbonyl (C=O) groups is 2. The summed E-state index contributed by atoms with van der Waals surface area (Å²) in [6, 6.07) is 1.04. The third kappa shape index (κ3) is 6.65. The molecule has 9 nitrogen and oxygen atoms in total. The number of amides is 3. The molecular weight excluding hydrogens is 448 g/mol. The first kappa shape index (κ1) is 26.8. The maximum Gasteiger partial charge on any atom is 0.317 e. The first-order valence-electron chi connectivity index (χ1n) is 12.5. The molecule has 35 heavy (non-hydrogen) atoms. The Hall–Kier alpha value is -2.83. The summed E-state index contributed by atoms with van der Waals surface area (Å²) >= 11 is 0. The van der Waals surface area contributed by atoms with Crippen LogP contribution in [0.15, 0.2) is 12.3 Å². The van der Waals surface area contributed by atoms with Gasteiger partial charge < -0.3 is 30.1 Å². The lowest BCUT2D eigenvalue weighted by Gasteiger charge is -2.37. The average Bonchev–Trinajstić information content (AvgIpc) is 3.29. The smallest absolute Gasteiger partial charge is 0.317 e. The Balaban J connectivity index is 1.92. The normalized spacial score (nSPS) is 22.1. The number of likely N-dealkylation sites (N-methyl/N-ethyl adjacent to an activating group) is 1. The van der Waals surface area contributed by atoms with E-state index in [9.17, 15) is 19.8 Å². The van der Waals surface area contributed by atoms with E-state index in [1.165, 1.54) is 6.20 Å². The summed E-state index contributed by atoms with van der Waals surface area (Å²) in [5.41, 5.74) is -0.226. The molecule has 0 aromatic carbocycles. The topological polar surface area (TPSA) is 115 Å². The van der Waals surface area contributed by atoms with E-state index in [-0.39, 0.29) is 35.9 Å². The van der Waals surface area contributed by atoms with Gasteiger partial charge >= 0.3 is 6.03 Å². The minimum atomic E-state index is -0.994. The molecule has 3 N–H and O–H groups in total. The third-order valence-corrected chi connectivity index (χ3v) is 6.72. The molecule has 9 heteroatoms. The van der Waals surface area contributed by atoms with Crippen LogP contribution in [0.2, 0.25) is 0 Å². The van der Waals surface area contributed by atoms with E-state index in [2.05, 4.69) is 22.1 Å². The Morgan fingerprint density at radius 2 is 2.14 bits per heavy atom. The summed E-state index contributed by atoms with van der Waals surface area (Å²) in [6.45, 7) is 6.80. The SMILES string of the molecule is CCCNC(=O)N(C)C[C@H]1Oc2ncc(C#CC3(O)CCCC3)cc2C(=O)N([C@H](C)CO)C[C@@H]1C. The molecule has 1 fully saturated rings. The molecule has 1 saturated carbocycles. The number of urea groups is 1. The van der Waals surface area contributed by atoms with E-state index in [4.69, 9.17) is 4.74 Å². The minimum Gasteiger partial charge on any atom is -0.472 e. The molecule has 2 aliphatic rings.